The van der Waals surface area contributed by atoms with E-state index in [-0.39, 0.29) is 4.21 Å². The molecule has 0 aliphatic heterocycles. The van der Waals surface area contributed by atoms with Crippen LogP contribution in [0.5, 0.6) is 0 Å². The van der Waals surface area contributed by atoms with Gasteiger partial charge in [-0.3, -0.25) is 4.98 Å². The van der Waals surface area contributed by atoms with Crippen molar-refractivity contribution in [3.63, 3.8) is 0 Å². The van der Waals surface area contributed by atoms with Crippen LogP contribution in [0.15, 0.2) is 20.0 Å². The van der Waals surface area contributed by atoms with Crippen LogP contribution < -0.4 is 10.5 Å². The first-order valence-corrected chi connectivity index (χ1v) is 12.7. The van der Waals surface area contributed by atoms with Gasteiger partial charge in [-0.1, -0.05) is 13.8 Å². The molecule has 0 aromatic carbocycles. The number of pyridine rings is 1. The monoisotopic (exact) mass is 448 g/mol. The Bertz CT molecular complexity index is 1100. The number of carbonyl (C=O) groups excluding carboxylic acids is 1. The first kappa shape index (κ1) is 21.4. The Morgan fingerprint density at radius 2 is 1.83 bits per heavy atom. The van der Waals surface area contributed by atoms with E-state index in [0.29, 0.717) is 17.4 Å². The average Bonchev–Trinajstić information content (AvgIpc) is 3.35. The Hall–Kier alpha value is -1.81. The maximum absolute atomic E-state index is 13.0. The van der Waals surface area contributed by atoms with Gasteiger partial charge in [0.2, 0.25) is 0 Å². The number of fused-ring (bicyclic) bond motifs is 2. The standard InChI is InChI=1S/C21H28N4O3S2/c1-11-5-7-14-17(11)23-18-12(2)6-8-15(18)19(14)24-20(26)25-30(22,28)16-9-13(10-29-16)21(3,4)27/h9-12,27H,5-8H2,1-4H3,(H3,22,23,24,25,26,28)/t11-,12-,30-/m0/s1. The van der Waals surface area contributed by atoms with Gasteiger partial charge in [0, 0.05) is 11.4 Å². The van der Waals surface area contributed by atoms with E-state index in [1.54, 1.807) is 25.3 Å². The lowest BCUT2D eigenvalue weighted by Gasteiger charge is -2.16. The van der Waals surface area contributed by atoms with E-state index >= 15 is 0 Å². The number of nitrogens with one attached hydrogen (secondary N) is 1. The van der Waals surface area contributed by atoms with Crippen LogP contribution in [0, 0.1) is 0 Å². The molecule has 162 valence electrons. The molecular weight excluding hydrogens is 420 g/mol. The Morgan fingerprint density at radius 1 is 1.27 bits per heavy atom. The van der Waals surface area contributed by atoms with Crippen LogP contribution >= 0.6 is 11.3 Å². The zero-order chi connectivity index (χ0) is 21.8. The molecule has 4 N–H and O–H groups in total. The van der Waals surface area contributed by atoms with Gasteiger partial charge in [0.15, 0.2) is 9.92 Å². The minimum atomic E-state index is -3.41. The van der Waals surface area contributed by atoms with Gasteiger partial charge in [0.1, 0.15) is 4.21 Å². The molecule has 0 unspecified atom stereocenters. The third-order valence-corrected chi connectivity index (χ3v) is 8.93. The average molecular weight is 449 g/mol. The number of carbonyl (C=O) groups is 1. The van der Waals surface area contributed by atoms with Gasteiger partial charge in [0.05, 0.1) is 11.3 Å². The normalized spacial score (nSPS) is 22.3. The summed E-state index contributed by atoms with van der Waals surface area (Å²) in [5, 5.41) is 20.6. The summed E-state index contributed by atoms with van der Waals surface area (Å²) in [5.41, 5.74) is 4.54. The SMILES string of the molecule is C[C@H]1CCc2c1nc1c(c2NC(=O)N=[S@](N)(=O)c2cc(C(C)(C)O)cs2)CC[C@@H]1C. The van der Waals surface area contributed by atoms with Crippen molar-refractivity contribution in [2.24, 2.45) is 9.50 Å². The third-order valence-electron chi connectivity index (χ3n) is 6.07. The second-order valence-electron chi connectivity index (χ2n) is 8.90. The molecule has 0 radical (unpaired) electrons. The van der Waals surface area contributed by atoms with Gasteiger partial charge in [0.25, 0.3) is 0 Å². The predicted molar refractivity (Wildman–Crippen MR) is 119 cm³/mol. The summed E-state index contributed by atoms with van der Waals surface area (Å²) in [6, 6.07) is 0.838. The zero-order valence-electron chi connectivity index (χ0n) is 17.7. The summed E-state index contributed by atoms with van der Waals surface area (Å²) in [5.74, 6) is 0.714. The molecule has 2 aromatic heterocycles. The molecule has 2 heterocycles. The summed E-state index contributed by atoms with van der Waals surface area (Å²) in [6.45, 7) is 7.58. The highest BCUT2D eigenvalue weighted by molar-refractivity contribution is 7.93. The van der Waals surface area contributed by atoms with Crippen LogP contribution in [0.25, 0.3) is 0 Å². The van der Waals surface area contributed by atoms with Gasteiger partial charge in [-0.15, -0.1) is 15.7 Å². The van der Waals surface area contributed by atoms with E-state index in [1.165, 1.54) is 0 Å². The van der Waals surface area contributed by atoms with Crippen molar-refractivity contribution < 1.29 is 14.1 Å². The van der Waals surface area contributed by atoms with Crippen LogP contribution in [0.1, 0.15) is 80.5 Å². The van der Waals surface area contributed by atoms with Gasteiger partial charge < -0.3 is 10.4 Å². The van der Waals surface area contributed by atoms with Crippen molar-refractivity contribution in [1.82, 2.24) is 4.98 Å². The number of urea groups is 1. The van der Waals surface area contributed by atoms with Gasteiger partial charge >= 0.3 is 6.03 Å². The van der Waals surface area contributed by atoms with E-state index in [2.05, 4.69) is 23.5 Å². The Balaban J connectivity index is 1.68. The van der Waals surface area contributed by atoms with E-state index in [9.17, 15) is 14.1 Å². The fourth-order valence-electron chi connectivity index (χ4n) is 4.26. The van der Waals surface area contributed by atoms with Gasteiger partial charge in [-0.2, -0.15) is 0 Å². The summed E-state index contributed by atoms with van der Waals surface area (Å²) in [7, 11) is -3.41. The number of aromatic nitrogens is 1. The molecule has 2 aromatic rings. The number of aliphatic hydroxyl groups is 1. The molecule has 2 aliphatic rings. The molecule has 0 fully saturated rings. The van der Waals surface area contributed by atoms with Crippen molar-refractivity contribution in [2.75, 3.05) is 5.32 Å². The number of anilines is 1. The van der Waals surface area contributed by atoms with Crippen molar-refractivity contribution in [1.29, 1.82) is 0 Å². The van der Waals surface area contributed by atoms with Crippen molar-refractivity contribution in [3.05, 3.63) is 39.5 Å². The van der Waals surface area contributed by atoms with E-state index < -0.39 is 21.5 Å². The van der Waals surface area contributed by atoms with E-state index in [0.717, 1.165) is 65.2 Å². The number of nitrogens with two attached hydrogens (primary N) is 1. The van der Waals surface area contributed by atoms with Crippen molar-refractivity contribution in [3.8, 4) is 0 Å². The Kier molecular flexibility index (Phi) is 5.29. The van der Waals surface area contributed by atoms with Crippen molar-refractivity contribution in [2.45, 2.75) is 75.0 Å². The van der Waals surface area contributed by atoms with Crippen LogP contribution in [0.4, 0.5) is 10.5 Å². The fraction of sp³-hybridized carbons (Fsp3) is 0.524. The predicted octanol–water partition coefficient (Wildman–Crippen LogP) is 4.40. The lowest BCUT2D eigenvalue weighted by Crippen LogP contribution is -2.19. The minimum Gasteiger partial charge on any atom is -0.386 e. The highest BCUT2D eigenvalue weighted by Gasteiger charge is 2.32. The third kappa shape index (κ3) is 3.79. The number of rotatable bonds is 3. The molecule has 0 saturated carbocycles. The number of amides is 2. The molecule has 4 rings (SSSR count). The molecule has 0 bridgehead atoms. The van der Waals surface area contributed by atoms with Crippen LogP contribution in [0.2, 0.25) is 0 Å². The van der Waals surface area contributed by atoms with Crippen LogP contribution in [-0.4, -0.2) is 20.3 Å². The first-order chi connectivity index (χ1) is 14.0. The smallest absolute Gasteiger partial charge is 0.354 e. The molecular formula is C21H28N4O3S2. The van der Waals surface area contributed by atoms with Crippen molar-refractivity contribution >= 4 is 33.0 Å². The molecule has 7 nitrogen and oxygen atoms in total. The topological polar surface area (TPSA) is 118 Å². The second-order valence-corrected chi connectivity index (χ2v) is 11.8. The minimum absolute atomic E-state index is 0.266. The largest absolute Gasteiger partial charge is 0.386 e. The summed E-state index contributed by atoms with van der Waals surface area (Å²) in [4.78, 5) is 17.7. The summed E-state index contributed by atoms with van der Waals surface area (Å²) >= 11 is 1.13. The summed E-state index contributed by atoms with van der Waals surface area (Å²) in [6.07, 6.45) is 3.72. The van der Waals surface area contributed by atoms with Crippen LogP contribution in [-0.2, 0) is 28.4 Å². The maximum atomic E-state index is 13.0. The zero-order valence-corrected chi connectivity index (χ0v) is 19.3. The van der Waals surface area contributed by atoms with E-state index in [1.807, 2.05) is 0 Å². The number of hydrogen-bond donors (Lipinski definition) is 3. The lowest BCUT2D eigenvalue weighted by molar-refractivity contribution is 0.0789. The highest BCUT2D eigenvalue weighted by Crippen LogP contribution is 2.44. The highest BCUT2D eigenvalue weighted by atomic mass is 32.2. The van der Waals surface area contributed by atoms with Gasteiger partial charge in [-0.05, 0) is 79.5 Å². The molecule has 30 heavy (non-hydrogen) atoms. The molecule has 2 aliphatic carbocycles. The fourth-order valence-corrected chi connectivity index (χ4v) is 6.54. The van der Waals surface area contributed by atoms with Crippen LogP contribution in [0.3, 0.4) is 0 Å². The molecule has 0 spiro atoms. The summed E-state index contributed by atoms with van der Waals surface area (Å²) < 4.78 is 17.1. The number of thiophene rings is 1. The second kappa shape index (κ2) is 7.40. The first-order valence-electron chi connectivity index (χ1n) is 10.2. The molecule has 2 amide bonds. The maximum Gasteiger partial charge on any atom is 0.354 e. The quantitative estimate of drug-likeness (QED) is 0.645. The number of hydrogen-bond acceptors (Lipinski definition) is 5. The number of nitrogens with zero attached hydrogens (tertiary/aromatic N) is 2. The molecule has 3 atom stereocenters. The van der Waals surface area contributed by atoms with Gasteiger partial charge in [-0.25, -0.2) is 14.1 Å². The van der Waals surface area contributed by atoms with E-state index in [4.69, 9.17) is 10.1 Å². The molecule has 0 saturated heterocycles. The lowest BCUT2D eigenvalue weighted by atomic mass is 10.0. The Labute approximate surface area is 181 Å². The Morgan fingerprint density at radius 3 is 2.33 bits per heavy atom. The molecule has 9 heteroatoms.